The number of rotatable bonds is 3. The van der Waals surface area contributed by atoms with E-state index in [0.717, 1.165) is 6.20 Å². The van der Waals surface area contributed by atoms with Crippen molar-refractivity contribution in [2.45, 2.75) is 18.8 Å². The minimum absolute atomic E-state index is 0.226. The average molecular weight is 213 g/mol. The van der Waals surface area contributed by atoms with Gasteiger partial charge >= 0.3 is 0 Å². The number of hydrogen-bond acceptors (Lipinski definition) is 4. The summed E-state index contributed by atoms with van der Waals surface area (Å²) in [6.45, 7) is 1.05. The highest BCUT2D eigenvalue weighted by molar-refractivity contribution is 5.15. The zero-order valence-corrected chi connectivity index (χ0v) is 8.10. The highest BCUT2D eigenvalue weighted by atomic mass is 19.1. The van der Waals surface area contributed by atoms with Crippen molar-refractivity contribution in [3.63, 3.8) is 0 Å². The fourth-order valence-electron chi connectivity index (χ4n) is 1.51. The van der Waals surface area contributed by atoms with E-state index >= 15 is 0 Å². The number of halogens is 1. The number of aliphatic hydroxyl groups is 1. The minimum Gasteiger partial charge on any atom is -0.388 e. The molecule has 0 spiro atoms. The first-order valence-electron chi connectivity index (χ1n) is 4.78. The fraction of sp³-hybridized carbons (Fsp3) is 0.500. The number of nitrogens with zero attached hydrogens (tertiary/aromatic N) is 1. The zero-order valence-electron chi connectivity index (χ0n) is 8.10. The van der Waals surface area contributed by atoms with Crippen LogP contribution >= 0.6 is 0 Å². The van der Waals surface area contributed by atoms with Crippen LogP contribution in [0.2, 0.25) is 0 Å². The number of hydrogen-bond donors (Lipinski definition) is 1. The lowest BCUT2D eigenvalue weighted by Gasteiger charge is -2.15. The highest BCUT2D eigenvalue weighted by Crippen LogP contribution is 2.23. The Bertz CT molecular complexity index is 328. The molecule has 0 bridgehead atoms. The van der Waals surface area contributed by atoms with Crippen LogP contribution in [0.1, 0.15) is 18.1 Å². The fourth-order valence-corrected chi connectivity index (χ4v) is 1.51. The van der Waals surface area contributed by atoms with Gasteiger partial charge in [-0.1, -0.05) is 0 Å². The lowest BCUT2D eigenvalue weighted by Crippen LogP contribution is -2.14. The summed E-state index contributed by atoms with van der Waals surface area (Å²) in [7, 11) is 0. The van der Waals surface area contributed by atoms with Gasteiger partial charge in [0.1, 0.15) is 5.82 Å². The molecule has 1 saturated heterocycles. The first kappa shape index (κ1) is 10.5. The second-order valence-corrected chi connectivity index (χ2v) is 3.32. The van der Waals surface area contributed by atoms with Gasteiger partial charge in [0.15, 0.2) is 6.29 Å². The molecule has 1 unspecified atom stereocenters. The molecule has 82 valence electrons. The summed E-state index contributed by atoms with van der Waals surface area (Å²) in [6.07, 6.45) is 1.40. The van der Waals surface area contributed by atoms with Crippen LogP contribution in [0.25, 0.3) is 0 Å². The molecule has 0 amide bonds. The zero-order chi connectivity index (χ0) is 10.7. The molecule has 1 aliphatic rings. The van der Waals surface area contributed by atoms with Crippen molar-refractivity contribution in [2.75, 3.05) is 13.2 Å². The van der Waals surface area contributed by atoms with Crippen molar-refractivity contribution in [2.24, 2.45) is 0 Å². The first-order chi connectivity index (χ1) is 7.27. The summed E-state index contributed by atoms with van der Waals surface area (Å²) in [5, 5.41) is 9.73. The van der Waals surface area contributed by atoms with Crippen LogP contribution in [0.3, 0.4) is 0 Å². The topological polar surface area (TPSA) is 51.6 Å². The smallest absolute Gasteiger partial charge is 0.160 e. The van der Waals surface area contributed by atoms with Gasteiger partial charge in [0, 0.05) is 18.2 Å². The molecule has 0 saturated carbocycles. The van der Waals surface area contributed by atoms with E-state index < -0.39 is 18.2 Å². The molecule has 15 heavy (non-hydrogen) atoms. The van der Waals surface area contributed by atoms with Crippen LogP contribution in [0.5, 0.6) is 0 Å². The van der Waals surface area contributed by atoms with Gasteiger partial charge in [-0.3, -0.25) is 4.98 Å². The summed E-state index contributed by atoms with van der Waals surface area (Å²) < 4.78 is 23.5. The van der Waals surface area contributed by atoms with E-state index in [1.165, 1.54) is 12.3 Å². The van der Waals surface area contributed by atoms with Gasteiger partial charge in [0.05, 0.1) is 25.5 Å². The van der Waals surface area contributed by atoms with Gasteiger partial charge in [0.2, 0.25) is 0 Å². The molecule has 2 rings (SSSR count). The quantitative estimate of drug-likeness (QED) is 0.814. The molecule has 2 heterocycles. The van der Waals surface area contributed by atoms with Crippen molar-refractivity contribution >= 4 is 0 Å². The SMILES string of the molecule is OC(CC1OCCO1)c1ccncc1F. The Morgan fingerprint density at radius 3 is 2.93 bits per heavy atom. The third kappa shape index (κ3) is 2.50. The van der Waals surface area contributed by atoms with Crippen LogP contribution < -0.4 is 0 Å². The van der Waals surface area contributed by atoms with Gasteiger partial charge in [-0.2, -0.15) is 0 Å². The van der Waals surface area contributed by atoms with E-state index in [2.05, 4.69) is 4.98 Å². The van der Waals surface area contributed by atoms with Crippen molar-refractivity contribution in [1.82, 2.24) is 4.98 Å². The lowest BCUT2D eigenvalue weighted by molar-refractivity contribution is -0.0712. The normalized spacial score (nSPS) is 19.3. The molecule has 1 aromatic rings. The molecule has 1 fully saturated rings. The van der Waals surface area contributed by atoms with Gasteiger partial charge in [-0.05, 0) is 6.07 Å². The van der Waals surface area contributed by atoms with E-state index in [1.54, 1.807) is 0 Å². The highest BCUT2D eigenvalue weighted by Gasteiger charge is 2.22. The third-order valence-electron chi connectivity index (χ3n) is 2.27. The maximum Gasteiger partial charge on any atom is 0.160 e. The number of aromatic nitrogens is 1. The summed E-state index contributed by atoms with van der Waals surface area (Å²) in [4.78, 5) is 3.61. The van der Waals surface area contributed by atoms with Crippen molar-refractivity contribution in [3.05, 3.63) is 29.8 Å². The van der Waals surface area contributed by atoms with Gasteiger partial charge in [-0.15, -0.1) is 0 Å². The average Bonchev–Trinajstić information content (AvgIpc) is 2.71. The maximum absolute atomic E-state index is 13.2. The molecule has 5 heteroatoms. The summed E-state index contributed by atoms with van der Waals surface area (Å²) >= 11 is 0. The monoisotopic (exact) mass is 213 g/mol. The lowest BCUT2D eigenvalue weighted by atomic mass is 10.1. The molecular formula is C10H12FNO3. The molecule has 1 N–H and O–H groups in total. The minimum atomic E-state index is -0.920. The molecule has 4 nitrogen and oxygen atoms in total. The molecule has 1 aliphatic heterocycles. The predicted molar refractivity (Wildman–Crippen MR) is 49.5 cm³/mol. The van der Waals surface area contributed by atoms with Crippen LogP contribution in [0.15, 0.2) is 18.5 Å². The van der Waals surface area contributed by atoms with Gasteiger partial charge in [-0.25, -0.2) is 4.39 Å². The number of aliphatic hydroxyl groups excluding tert-OH is 1. The second-order valence-electron chi connectivity index (χ2n) is 3.32. The Labute approximate surface area is 86.7 Å². The van der Waals surface area contributed by atoms with E-state index in [-0.39, 0.29) is 12.0 Å². The Hall–Kier alpha value is -1.04. The van der Waals surface area contributed by atoms with Crippen LogP contribution in [0.4, 0.5) is 4.39 Å². The molecule has 1 aromatic heterocycles. The Balaban J connectivity index is 2.00. The van der Waals surface area contributed by atoms with E-state index in [1.807, 2.05) is 0 Å². The summed E-state index contributed by atoms with van der Waals surface area (Å²) in [6, 6.07) is 1.45. The first-order valence-corrected chi connectivity index (χ1v) is 4.78. The van der Waals surface area contributed by atoms with Crippen molar-refractivity contribution in [3.8, 4) is 0 Å². The Morgan fingerprint density at radius 2 is 2.27 bits per heavy atom. The predicted octanol–water partition coefficient (Wildman–Crippen LogP) is 1.02. The van der Waals surface area contributed by atoms with Gasteiger partial charge in [0.25, 0.3) is 0 Å². The van der Waals surface area contributed by atoms with E-state index in [4.69, 9.17) is 9.47 Å². The van der Waals surface area contributed by atoms with Crippen LogP contribution in [-0.4, -0.2) is 29.6 Å². The summed E-state index contributed by atoms with van der Waals surface area (Å²) in [5.74, 6) is -0.511. The summed E-state index contributed by atoms with van der Waals surface area (Å²) in [5.41, 5.74) is 0.226. The van der Waals surface area contributed by atoms with Crippen LogP contribution in [-0.2, 0) is 9.47 Å². The maximum atomic E-state index is 13.2. The van der Waals surface area contributed by atoms with Gasteiger partial charge < -0.3 is 14.6 Å². The molecule has 0 radical (unpaired) electrons. The third-order valence-corrected chi connectivity index (χ3v) is 2.27. The van der Waals surface area contributed by atoms with E-state index in [0.29, 0.717) is 13.2 Å². The Morgan fingerprint density at radius 1 is 1.53 bits per heavy atom. The van der Waals surface area contributed by atoms with Crippen molar-refractivity contribution in [1.29, 1.82) is 0 Å². The molecule has 1 atom stereocenters. The van der Waals surface area contributed by atoms with E-state index in [9.17, 15) is 9.50 Å². The largest absolute Gasteiger partial charge is 0.388 e. The Kier molecular flexibility index (Phi) is 3.25. The second kappa shape index (κ2) is 4.65. The molecule has 0 aromatic carbocycles. The van der Waals surface area contributed by atoms with Crippen molar-refractivity contribution < 1.29 is 19.0 Å². The number of ether oxygens (including phenoxy) is 2. The van der Waals surface area contributed by atoms with Crippen LogP contribution in [0, 0.1) is 5.82 Å². The molecule has 0 aliphatic carbocycles. The standard InChI is InChI=1S/C10H12FNO3/c11-8-6-12-2-1-7(8)9(13)5-10-14-3-4-15-10/h1-2,6,9-10,13H,3-5H2. The number of pyridine rings is 1. The molecular weight excluding hydrogens is 201 g/mol.